The third-order valence-electron chi connectivity index (χ3n) is 11.5. The highest BCUT2D eigenvalue weighted by Crippen LogP contribution is 2.49. The van der Waals surface area contributed by atoms with Crippen molar-refractivity contribution in [2.75, 3.05) is 0 Å². The lowest BCUT2D eigenvalue weighted by Gasteiger charge is -2.21. The van der Waals surface area contributed by atoms with Crippen molar-refractivity contribution in [1.82, 2.24) is 14.1 Å². The van der Waals surface area contributed by atoms with Gasteiger partial charge >= 0.3 is 0 Å². The van der Waals surface area contributed by atoms with Crippen LogP contribution in [0.4, 0.5) is 0 Å². The molecule has 4 heteroatoms. The first kappa shape index (κ1) is 32.0. The molecule has 0 spiro atoms. The molecule has 0 amide bonds. The van der Waals surface area contributed by atoms with Crippen LogP contribution in [0.5, 0.6) is 0 Å². The number of hydrogen-bond acceptors (Lipinski definition) is 2. The molecule has 0 saturated carbocycles. The van der Waals surface area contributed by atoms with Gasteiger partial charge in [-0.25, -0.2) is 4.98 Å². The molecular weight excluding hydrogens is 711 g/mol. The summed E-state index contributed by atoms with van der Waals surface area (Å²) in [6.45, 7) is 0. The number of thiophene rings is 1. The van der Waals surface area contributed by atoms with Gasteiger partial charge in [-0.3, -0.25) is 0 Å². The van der Waals surface area contributed by atoms with E-state index < -0.39 is 0 Å². The predicted octanol–water partition coefficient (Wildman–Crippen LogP) is 14.6. The van der Waals surface area contributed by atoms with Gasteiger partial charge in [-0.15, -0.1) is 11.3 Å². The molecule has 0 fully saturated rings. The van der Waals surface area contributed by atoms with Gasteiger partial charge in [-0.2, -0.15) is 0 Å². The average Bonchev–Trinajstić information content (AvgIpc) is 3.95. The van der Waals surface area contributed by atoms with Crippen molar-refractivity contribution in [1.29, 1.82) is 0 Å². The minimum absolute atomic E-state index is 0.939. The molecule has 57 heavy (non-hydrogen) atoms. The molecule has 0 saturated heterocycles. The van der Waals surface area contributed by atoms with Crippen molar-refractivity contribution in [2.24, 2.45) is 0 Å². The fourth-order valence-electron chi connectivity index (χ4n) is 9.03. The zero-order chi connectivity index (χ0) is 37.5. The Kier molecular flexibility index (Phi) is 7.10. The number of aromatic nitrogens is 3. The molecule has 0 atom stereocenters. The van der Waals surface area contributed by atoms with Crippen molar-refractivity contribution >= 4 is 75.1 Å². The van der Waals surface area contributed by atoms with Gasteiger partial charge in [0.1, 0.15) is 0 Å². The van der Waals surface area contributed by atoms with E-state index >= 15 is 0 Å². The molecule has 0 aliphatic carbocycles. The van der Waals surface area contributed by atoms with Crippen LogP contribution in [0.25, 0.3) is 109 Å². The van der Waals surface area contributed by atoms with Gasteiger partial charge in [0.2, 0.25) is 0 Å². The topological polar surface area (TPSA) is 22.8 Å². The number of rotatable bonds is 5. The quantitative estimate of drug-likeness (QED) is 0.172. The van der Waals surface area contributed by atoms with Gasteiger partial charge in [0.25, 0.3) is 0 Å². The maximum Gasteiger partial charge on any atom is 0.0715 e. The van der Waals surface area contributed by atoms with E-state index in [2.05, 4.69) is 209 Å². The second kappa shape index (κ2) is 12.6. The lowest BCUT2D eigenvalue weighted by Crippen LogP contribution is -2.03. The summed E-state index contributed by atoms with van der Waals surface area (Å²) in [5.41, 5.74) is 13.4. The van der Waals surface area contributed by atoms with Crippen molar-refractivity contribution < 1.29 is 0 Å². The van der Waals surface area contributed by atoms with Crippen LogP contribution in [0.3, 0.4) is 0 Å². The molecule has 0 N–H and O–H groups in total. The minimum Gasteiger partial charge on any atom is -0.308 e. The molecule has 0 unspecified atom stereocenters. The summed E-state index contributed by atoms with van der Waals surface area (Å²) in [5.74, 6) is 0. The Morgan fingerprint density at radius 2 is 0.789 bits per heavy atom. The van der Waals surface area contributed by atoms with E-state index in [1.165, 1.54) is 75.2 Å². The van der Waals surface area contributed by atoms with Crippen molar-refractivity contribution in [2.45, 2.75) is 0 Å². The Morgan fingerprint density at radius 1 is 0.368 bits per heavy atom. The molecule has 4 heterocycles. The summed E-state index contributed by atoms with van der Waals surface area (Å²) in [5, 5.41) is 7.47. The van der Waals surface area contributed by atoms with Gasteiger partial charge in [-0.05, 0) is 54.1 Å². The van der Waals surface area contributed by atoms with Crippen molar-refractivity contribution in [3.63, 3.8) is 0 Å². The second-order valence-electron chi connectivity index (χ2n) is 14.7. The standard InChI is InChI=1S/C53H33N3S/c1-3-17-34(18-4-1)43-31-36(32-44(54-43)35-19-5-2-6-20-35)42-33-49(55-45-26-12-7-21-37(45)38-22-8-13-27-46(38)55)53-51(41-25-11-16-30-50(41)57-53)52(42)56-47-28-14-9-23-39(47)40-24-10-15-29-48(40)56/h1-33H. The van der Waals surface area contributed by atoms with Crippen molar-refractivity contribution in [3.8, 4) is 45.0 Å². The Hall–Kier alpha value is -7.27. The second-order valence-corrected chi connectivity index (χ2v) is 15.7. The fraction of sp³-hybridized carbons (Fsp3) is 0. The summed E-state index contributed by atoms with van der Waals surface area (Å²) in [6.07, 6.45) is 0. The molecule has 0 bridgehead atoms. The normalized spacial score (nSPS) is 11.9. The summed E-state index contributed by atoms with van der Waals surface area (Å²) >= 11 is 1.88. The monoisotopic (exact) mass is 743 g/mol. The number of fused-ring (bicyclic) bond motifs is 9. The summed E-state index contributed by atoms with van der Waals surface area (Å²) in [4.78, 5) is 5.34. The number of nitrogens with zero attached hydrogens (tertiary/aromatic N) is 3. The largest absolute Gasteiger partial charge is 0.308 e. The third-order valence-corrected chi connectivity index (χ3v) is 12.7. The maximum absolute atomic E-state index is 5.34. The Balaban J connectivity index is 1.32. The molecule has 0 radical (unpaired) electrons. The highest BCUT2D eigenvalue weighted by Gasteiger charge is 2.26. The summed E-state index contributed by atoms with van der Waals surface area (Å²) < 4.78 is 7.54. The van der Waals surface area contributed by atoms with Crippen LogP contribution in [0.2, 0.25) is 0 Å². The first-order valence-corrected chi connectivity index (χ1v) is 20.2. The molecule has 3 nitrogen and oxygen atoms in total. The highest BCUT2D eigenvalue weighted by molar-refractivity contribution is 7.26. The lowest BCUT2D eigenvalue weighted by atomic mass is 9.95. The number of hydrogen-bond donors (Lipinski definition) is 0. The Labute approximate surface area is 333 Å². The highest BCUT2D eigenvalue weighted by atomic mass is 32.1. The first-order valence-electron chi connectivity index (χ1n) is 19.4. The lowest BCUT2D eigenvalue weighted by molar-refractivity contribution is 1.17. The van der Waals surface area contributed by atoms with Crippen LogP contribution >= 0.6 is 11.3 Å². The van der Waals surface area contributed by atoms with Gasteiger partial charge in [-0.1, -0.05) is 152 Å². The molecular formula is C53H33N3S. The summed E-state index contributed by atoms with van der Waals surface area (Å²) in [6, 6.07) is 72.5. The van der Waals surface area contributed by atoms with Gasteiger partial charge in [0, 0.05) is 53.7 Å². The summed E-state index contributed by atoms with van der Waals surface area (Å²) in [7, 11) is 0. The Morgan fingerprint density at radius 3 is 1.30 bits per heavy atom. The minimum atomic E-state index is 0.939. The van der Waals surface area contributed by atoms with E-state index in [-0.39, 0.29) is 0 Å². The molecule has 266 valence electrons. The van der Waals surface area contributed by atoms with Gasteiger partial charge in [0.15, 0.2) is 0 Å². The van der Waals surface area contributed by atoms with Crippen LogP contribution in [-0.2, 0) is 0 Å². The van der Waals surface area contributed by atoms with E-state index in [9.17, 15) is 0 Å². The SMILES string of the molecule is c1ccc(-c2cc(-c3cc(-n4c5ccccc5c5ccccc54)c4sc5ccccc5c4c3-n3c4ccccc4c4ccccc43)cc(-c3ccccc3)n2)cc1. The zero-order valence-electron chi connectivity index (χ0n) is 30.8. The van der Waals surface area contributed by atoms with Crippen LogP contribution in [0, 0.1) is 0 Å². The smallest absolute Gasteiger partial charge is 0.0715 e. The van der Waals surface area contributed by atoms with E-state index in [1.807, 2.05) is 11.3 Å². The first-order chi connectivity index (χ1) is 28.3. The Bertz CT molecular complexity index is 3350. The maximum atomic E-state index is 5.34. The molecule has 4 aromatic heterocycles. The third kappa shape index (κ3) is 4.88. The van der Waals surface area contributed by atoms with E-state index in [4.69, 9.17) is 4.98 Å². The molecule has 0 aliphatic heterocycles. The average molecular weight is 744 g/mol. The van der Waals surface area contributed by atoms with Crippen LogP contribution in [0.15, 0.2) is 200 Å². The fourth-order valence-corrected chi connectivity index (χ4v) is 10.2. The van der Waals surface area contributed by atoms with E-state index in [0.717, 1.165) is 33.6 Å². The van der Waals surface area contributed by atoms with Crippen LogP contribution < -0.4 is 0 Å². The number of benzene rings is 8. The molecule has 0 aliphatic rings. The van der Waals surface area contributed by atoms with Gasteiger partial charge in [0.05, 0.1) is 49.5 Å². The number of para-hydroxylation sites is 4. The van der Waals surface area contributed by atoms with Crippen molar-refractivity contribution in [3.05, 3.63) is 200 Å². The molecule has 8 aromatic carbocycles. The molecule has 12 rings (SSSR count). The molecule has 12 aromatic rings. The van der Waals surface area contributed by atoms with E-state index in [0.29, 0.717) is 0 Å². The van der Waals surface area contributed by atoms with Gasteiger partial charge < -0.3 is 9.13 Å². The zero-order valence-corrected chi connectivity index (χ0v) is 31.6. The van der Waals surface area contributed by atoms with Crippen LogP contribution in [0.1, 0.15) is 0 Å². The van der Waals surface area contributed by atoms with E-state index in [1.54, 1.807) is 0 Å². The predicted molar refractivity (Wildman–Crippen MR) is 242 cm³/mol. The van der Waals surface area contributed by atoms with Crippen LogP contribution in [-0.4, -0.2) is 14.1 Å². The number of pyridine rings is 1.